The van der Waals surface area contributed by atoms with Gasteiger partial charge in [-0.1, -0.05) is 11.6 Å². The third kappa shape index (κ3) is 4.72. The molecule has 3 N–H and O–H groups in total. The number of hydrogen-bond donors (Lipinski definition) is 3. The maximum atomic E-state index is 5.90. The first-order valence-corrected chi connectivity index (χ1v) is 9.19. The fourth-order valence-corrected chi connectivity index (χ4v) is 3.52. The van der Waals surface area contributed by atoms with E-state index < -0.39 is 0 Å². The molecule has 1 fully saturated rings. The predicted molar refractivity (Wildman–Crippen MR) is 102 cm³/mol. The van der Waals surface area contributed by atoms with Gasteiger partial charge in [0.1, 0.15) is 0 Å². The first-order chi connectivity index (χ1) is 11.7. The Bertz CT molecular complexity index is 639. The number of piperidine rings is 1. The van der Waals surface area contributed by atoms with E-state index in [9.17, 15) is 0 Å². The van der Waals surface area contributed by atoms with Crippen molar-refractivity contribution in [2.75, 3.05) is 25.0 Å². The number of thiocarbonyl (C=S) groups is 1. The van der Waals surface area contributed by atoms with Crippen LogP contribution in [0.15, 0.2) is 47.1 Å². The van der Waals surface area contributed by atoms with Crippen molar-refractivity contribution in [3.8, 4) is 0 Å². The SMILES string of the molecule is S=C(NC[C@H](c1ccco1)[NH+]1CCCCC1)Nc1ccc(Cl)cc1. The van der Waals surface area contributed by atoms with E-state index in [1.807, 2.05) is 30.3 Å². The molecule has 0 spiro atoms. The summed E-state index contributed by atoms with van der Waals surface area (Å²) in [5, 5.41) is 7.86. The number of likely N-dealkylation sites (tertiary alicyclic amines) is 1. The molecule has 128 valence electrons. The van der Waals surface area contributed by atoms with E-state index in [2.05, 4.69) is 16.7 Å². The van der Waals surface area contributed by atoms with E-state index in [1.165, 1.54) is 32.4 Å². The van der Waals surface area contributed by atoms with Gasteiger partial charge in [0, 0.05) is 10.7 Å². The van der Waals surface area contributed by atoms with Crippen molar-refractivity contribution in [2.24, 2.45) is 0 Å². The van der Waals surface area contributed by atoms with Crippen molar-refractivity contribution < 1.29 is 9.32 Å². The minimum absolute atomic E-state index is 0.283. The highest BCUT2D eigenvalue weighted by atomic mass is 35.5. The van der Waals surface area contributed by atoms with Crippen LogP contribution in [0.25, 0.3) is 0 Å². The number of nitrogens with one attached hydrogen (secondary N) is 3. The Labute approximate surface area is 153 Å². The van der Waals surface area contributed by atoms with Gasteiger partial charge in [-0.3, -0.25) is 0 Å². The fraction of sp³-hybridized carbons (Fsp3) is 0.389. The summed E-state index contributed by atoms with van der Waals surface area (Å²) in [6.45, 7) is 3.12. The summed E-state index contributed by atoms with van der Waals surface area (Å²) in [6, 6.07) is 11.8. The third-order valence-electron chi connectivity index (χ3n) is 4.44. The number of hydrogen-bond acceptors (Lipinski definition) is 2. The molecule has 3 rings (SSSR count). The summed E-state index contributed by atoms with van der Waals surface area (Å²) in [6.07, 6.45) is 5.63. The van der Waals surface area contributed by atoms with Gasteiger partial charge < -0.3 is 20.0 Å². The Morgan fingerprint density at radius 2 is 1.92 bits per heavy atom. The van der Waals surface area contributed by atoms with E-state index in [0.717, 1.165) is 18.0 Å². The van der Waals surface area contributed by atoms with Crippen LogP contribution in [0.2, 0.25) is 5.02 Å². The lowest BCUT2D eigenvalue weighted by molar-refractivity contribution is -0.936. The minimum atomic E-state index is 0.283. The molecule has 0 aliphatic carbocycles. The van der Waals surface area contributed by atoms with Crippen molar-refractivity contribution in [1.29, 1.82) is 0 Å². The van der Waals surface area contributed by atoms with E-state index in [4.69, 9.17) is 28.2 Å². The molecule has 0 unspecified atom stereocenters. The lowest BCUT2D eigenvalue weighted by Crippen LogP contribution is -3.13. The van der Waals surface area contributed by atoms with Gasteiger partial charge in [-0.25, -0.2) is 0 Å². The molecule has 0 amide bonds. The monoisotopic (exact) mass is 364 g/mol. The van der Waals surface area contributed by atoms with Crippen LogP contribution in [-0.4, -0.2) is 24.7 Å². The Morgan fingerprint density at radius 3 is 2.58 bits per heavy atom. The lowest BCUT2D eigenvalue weighted by atomic mass is 10.1. The van der Waals surface area contributed by atoms with Crippen LogP contribution >= 0.6 is 23.8 Å². The molecule has 2 heterocycles. The number of quaternary nitrogens is 1. The van der Waals surface area contributed by atoms with Gasteiger partial charge in [0.15, 0.2) is 16.9 Å². The van der Waals surface area contributed by atoms with Gasteiger partial charge in [-0.15, -0.1) is 0 Å². The van der Waals surface area contributed by atoms with Crippen LogP contribution in [0.4, 0.5) is 5.69 Å². The van der Waals surface area contributed by atoms with Gasteiger partial charge in [-0.05, 0) is 67.9 Å². The maximum Gasteiger partial charge on any atom is 0.171 e. The second kappa shape index (κ2) is 8.51. The second-order valence-electron chi connectivity index (χ2n) is 6.13. The van der Waals surface area contributed by atoms with Crippen LogP contribution in [0.5, 0.6) is 0 Å². The molecular formula is C18H23ClN3OS+. The molecule has 2 aromatic rings. The van der Waals surface area contributed by atoms with E-state index >= 15 is 0 Å². The molecule has 1 atom stereocenters. The Kier molecular flexibility index (Phi) is 6.12. The van der Waals surface area contributed by atoms with Gasteiger partial charge in [0.25, 0.3) is 0 Å². The molecule has 0 radical (unpaired) electrons. The van der Waals surface area contributed by atoms with Gasteiger partial charge in [-0.2, -0.15) is 0 Å². The van der Waals surface area contributed by atoms with E-state index in [0.29, 0.717) is 10.1 Å². The zero-order valence-corrected chi connectivity index (χ0v) is 15.1. The first-order valence-electron chi connectivity index (χ1n) is 8.41. The highest BCUT2D eigenvalue weighted by Gasteiger charge is 2.28. The molecule has 4 nitrogen and oxygen atoms in total. The number of anilines is 1. The Morgan fingerprint density at radius 1 is 1.17 bits per heavy atom. The largest absolute Gasteiger partial charge is 0.463 e. The van der Waals surface area contributed by atoms with Crippen LogP contribution in [0.3, 0.4) is 0 Å². The summed E-state index contributed by atoms with van der Waals surface area (Å²) in [7, 11) is 0. The van der Waals surface area contributed by atoms with Gasteiger partial charge >= 0.3 is 0 Å². The van der Waals surface area contributed by atoms with E-state index in [1.54, 1.807) is 11.2 Å². The summed E-state index contributed by atoms with van der Waals surface area (Å²) in [5.41, 5.74) is 0.928. The zero-order chi connectivity index (χ0) is 16.8. The average Bonchev–Trinajstić information content (AvgIpc) is 3.12. The molecule has 6 heteroatoms. The van der Waals surface area contributed by atoms with Crippen molar-refractivity contribution >= 4 is 34.6 Å². The molecule has 1 saturated heterocycles. The number of rotatable bonds is 5. The lowest BCUT2D eigenvalue weighted by Gasteiger charge is -2.30. The summed E-state index contributed by atoms with van der Waals surface area (Å²) in [5.74, 6) is 1.02. The van der Waals surface area contributed by atoms with E-state index in [-0.39, 0.29) is 6.04 Å². The average molecular weight is 365 g/mol. The normalized spacial score (nSPS) is 16.5. The first kappa shape index (κ1) is 17.3. The molecule has 0 bridgehead atoms. The second-order valence-corrected chi connectivity index (χ2v) is 6.97. The number of benzene rings is 1. The summed E-state index contributed by atoms with van der Waals surface area (Å²) in [4.78, 5) is 1.57. The number of halogens is 1. The van der Waals surface area contributed by atoms with Crippen molar-refractivity contribution in [1.82, 2.24) is 5.32 Å². The fourth-order valence-electron chi connectivity index (χ4n) is 3.19. The Balaban J connectivity index is 1.58. The van der Waals surface area contributed by atoms with Gasteiger partial charge in [0.2, 0.25) is 0 Å². The molecule has 24 heavy (non-hydrogen) atoms. The maximum absolute atomic E-state index is 5.90. The third-order valence-corrected chi connectivity index (χ3v) is 4.94. The summed E-state index contributed by atoms with van der Waals surface area (Å²) < 4.78 is 5.67. The highest BCUT2D eigenvalue weighted by Crippen LogP contribution is 2.14. The Hall–Kier alpha value is -1.56. The van der Waals surface area contributed by atoms with Crippen molar-refractivity contribution in [3.63, 3.8) is 0 Å². The smallest absolute Gasteiger partial charge is 0.171 e. The number of furan rings is 1. The van der Waals surface area contributed by atoms with Crippen molar-refractivity contribution in [3.05, 3.63) is 53.4 Å². The van der Waals surface area contributed by atoms with Crippen LogP contribution in [0, 0.1) is 0 Å². The summed E-state index contributed by atoms with van der Waals surface area (Å²) >= 11 is 11.3. The zero-order valence-electron chi connectivity index (χ0n) is 13.6. The van der Waals surface area contributed by atoms with Crippen LogP contribution < -0.4 is 15.5 Å². The quantitative estimate of drug-likeness (QED) is 0.713. The molecule has 1 aliphatic heterocycles. The molecule has 1 aromatic heterocycles. The van der Waals surface area contributed by atoms with Crippen LogP contribution in [0.1, 0.15) is 31.1 Å². The molecule has 1 aromatic carbocycles. The van der Waals surface area contributed by atoms with Crippen molar-refractivity contribution in [2.45, 2.75) is 25.3 Å². The topological polar surface area (TPSA) is 41.6 Å². The van der Waals surface area contributed by atoms with Crippen LogP contribution in [-0.2, 0) is 0 Å². The highest BCUT2D eigenvalue weighted by molar-refractivity contribution is 7.80. The molecule has 0 saturated carbocycles. The molecular weight excluding hydrogens is 342 g/mol. The van der Waals surface area contributed by atoms with Gasteiger partial charge in [0.05, 0.1) is 25.9 Å². The minimum Gasteiger partial charge on any atom is -0.463 e. The predicted octanol–water partition coefficient (Wildman–Crippen LogP) is 3.03. The molecule has 1 aliphatic rings. The standard InChI is InChI=1S/C18H22ClN3OS/c19-14-6-8-15(9-7-14)21-18(24)20-13-16(17-5-4-12-23-17)22-10-2-1-3-11-22/h4-9,12,16H,1-3,10-11,13H2,(H2,20,21,24)/p+1/t16-/m1/s1.